The van der Waals surface area contributed by atoms with E-state index in [2.05, 4.69) is 0 Å². The first-order valence-electron chi connectivity index (χ1n) is 8.41. The van der Waals surface area contributed by atoms with Gasteiger partial charge < -0.3 is 19.4 Å². The van der Waals surface area contributed by atoms with Crippen molar-refractivity contribution in [2.75, 3.05) is 0 Å². The highest BCUT2D eigenvalue weighted by molar-refractivity contribution is 5.93. The zero-order chi connectivity index (χ0) is 18.6. The molecule has 1 aliphatic heterocycles. The fraction of sp³-hybridized carbons (Fsp3) is 0.450. The van der Waals surface area contributed by atoms with E-state index in [4.69, 9.17) is 9.15 Å². The second kappa shape index (κ2) is 5.63. The van der Waals surface area contributed by atoms with Crippen LogP contribution in [0, 0.1) is 6.92 Å². The summed E-state index contributed by atoms with van der Waals surface area (Å²) in [6.07, 6.45) is 4.55. The molecule has 0 amide bonds. The number of rotatable bonds is 3. The molecule has 3 rings (SSSR count). The molecule has 2 N–H and O–H groups in total. The summed E-state index contributed by atoms with van der Waals surface area (Å²) in [7, 11) is 0. The number of hydrogen-bond acceptors (Lipinski definition) is 5. The molecule has 5 heteroatoms. The van der Waals surface area contributed by atoms with Gasteiger partial charge in [-0.1, -0.05) is 0 Å². The Balaban J connectivity index is 2.21. The lowest BCUT2D eigenvalue weighted by atomic mass is 9.95. The van der Waals surface area contributed by atoms with Crippen molar-refractivity contribution in [1.29, 1.82) is 0 Å². The van der Waals surface area contributed by atoms with Gasteiger partial charge in [-0.2, -0.15) is 0 Å². The molecule has 0 fully saturated rings. The zero-order valence-electron chi connectivity index (χ0n) is 15.3. The van der Waals surface area contributed by atoms with Crippen molar-refractivity contribution < 1.29 is 19.4 Å². The molecule has 0 saturated carbocycles. The molecule has 134 valence electrons. The summed E-state index contributed by atoms with van der Waals surface area (Å²) in [6, 6.07) is 1.47. The van der Waals surface area contributed by atoms with Crippen LogP contribution < -0.4 is 10.2 Å². The first kappa shape index (κ1) is 17.5. The maximum Gasteiger partial charge on any atom is 0.199 e. The molecule has 5 nitrogen and oxygen atoms in total. The number of aliphatic hydroxyl groups is 1. The van der Waals surface area contributed by atoms with E-state index in [0.717, 1.165) is 0 Å². The number of aromatic hydroxyl groups is 1. The largest absolute Gasteiger partial charge is 0.507 e. The molecule has 0 spiro atoms. The van der Waals surface area contributed by atoms with Crippen molar-refractivity contribution >= 4 is 17.0 Å². The fourth-order valence-corrected chi connectivity index (χ4v) is 3.05. The SMILES string of the molecule is Cc1oc2c3c(cc(O)c2c(=O)c1CCC(C)(C)O)OC(C)(C)C=C3. The Kier molecular flexibility index (Phi) is 3.95. The number of benzene rings is 1. The number of phenols is 1. The van der Waals surface area contributed by atoms with Crippen molar-refractivity contribution in [3.05, 3.63) is 39.3 Å². The summed E-state index contributed by atoms with van der Waals surface area (Å²) in [6.45, 7) is 8.95. The smallest absolute Gasteiger partial charge is 0.199 e. The van der Waals surface area contributed by atoms with E-state index in [0.29, 0.717) is 41.1 Å². The topological polar surface area (TPSA) is 79.9 Å². The Bertz CT molecular complexity index is 926. The van der Waals surface area contributed by atoms with E-state index in [-0.39, 0.29) is 16.6 Å². The lowest BCUT2D eigenvalue weighted by Gasteiger charge is -2.28. The Morgan fingerprint density at radius 1 is 1.28 bits per heavy atom. The molecule has 2 aromatic rings. The number of aryl methyl sites for hydroxylation is 1. The average Bonchev–Trinajstić information content (AvgIpc) is 2.43. The molecule has 0 atom stereocenters. The van der Waals surface area contributed by atoms with E-state index in [1.165, 1.54) is 6.07 Å². The maximum atomic E-state index is 12.9. The van der Waals surface area contributed by atoms with Crippen molar-refractivity contribution in [2.45, 2.75) is 58.7 Å². The summed E-state index contributed by atoms with van der Waals surface area (Å²) < 4.78 is 11.8. The van der Waals surface area contributed by atoms with Gasteiger partial charge in [-0.05, 0) is 59.6 Å². The summed E-state index contributed by atoms with van der Waals surface area (Å²) in [5, 5.41) is 20.5. The van der Waals surface area contributed by atoms with Crippen molar-refractivity contribution in [2.24, 2.45) is 0 Å². The second-order valence-electron chi connectivity index (χ2n) is 7.83. The lowest BCUT2D eigenvalue weighted by Crippen LogP contribution is -2.27. The third-order valence-electron chi connectivity index (χ3n) is 4.45. The summed E-state index contributed by atoms with van der Waals surface area (Å²) >= 11 is 0. The highest BCUT2D eigenvalue weighted by atomic mass is 16.5. The van der Waals surface area contributed by atoms with E-state index in [1.54, 1.807) is 20.8 Å². The van der Waals surface area contributed by atoms with Gasteiger partial charge in [-0.25, -0.2) is 0 Å². The summed E-state index contributed by atoms with van der Waals surface area (Å²) in [5.74, 6) is 0.829. The van der Waals surface area contributed by atoms with Gasteiger partial charge in [0.25, 0.3) is 0 Å². The Morgan fingerprint density at radius 2 is 1.96 bits per heavy atom. The third kappa shape index (κ3) is 3.29. The van der Waals surface area contributed by atoms with Crippen LogP contribution in [0.3, 0.4) is 0 Å². The van der Waals surface area contributed by atoms with Crippen LogP contribution in [0.4, 0.5) is 0 Å². The normalized spacial score (nSPS) is 15.9. The highest BCUT2D eigenvalue weighted by Crippen LogP contribution is 2.40. The van der Waals surface area contributed by atoms with E-state index >= 15 is 0 Å². The molecular formula is C20H24O5. The van der Waals surface area contributed by atoms with Crippen molar-refractivity contribution in [3.8, 4) is 11.5 Å². The maximum absolute atomic E-state index is 12.9. The zero-order valence-corrected chi connectivity index (χ0v) is 15.3. The molecule has 0 saturated heterocycles. The molecule has 0 bridgehead atoms. The number of hydrogen-bond donors (Lipinski definition) is 2. The Morgan fingerprint density at radius 3 is 2.60 bits per heavy atom. The van der Waals surface area contributed by atoms with E-state index in [9.17, 15) is 15.0 Å². The molecule has 0 aliphatic carbocycles. The van der Waals surface area contributed by atoms with Gasteiger partial charge in [0.15, 0.2) is 11.0 Å². The van der Waals surface area contributed by atoms with E-state index < -0.39 is 11.2 Å². The molecular weight excluding hydrogens is 320 g/mol. The van der Waals surface area contributed by atoms with Crippen LogP contribution in [-0.4, -0.2) is 21.4 Å². The first-order chi connectivity index (χ1) is 11.5. The number of ether oxygens (including phenoxy) is 1. The fourth-order valence-electron chi connectivity index (χ4n) is 3.05. The van der Waals surface area contributed by atoms with Crippen LogP contribution >= 0.6 is 0 Å². The minimum absolute atomic E-state index is 0.155. The molecule has 1 aromatic carbocycles. The number of fused-ring (bicyclic) bond motifs is 3. The van der Waals surface area contributed by atoms with Gasteiger partial charge in [0.2, 0.25) is 0 Å². The predicted octanol–water partition coefficient (Wildman–Crippen LogP) is 3.69. The van der Waals surface area contributed by atoms with Crippen LogP contribution in [-0.2, 0) is 6.42 Å². The molecule has 0 unspecified atom stereocenters. The minimum Gasteiger partial charge on any atom is -0.507 e. The first-order valence-corrected chi connectivity index (χ1v) is 8.41. The van der Waals surface area contributed by atoms with Crippen LogP contribution in [0.5, 0.6) is 11.5 Å². The van der Waals surface area contributed by atoms with Gasteiger partial charge in [0, 0.05) is 11.6 Å². The Hall–Kier alpha value is -2.27. The minimum atomic E-state index is -0.881. The summed E-state index contributed by atoms with van der Waals surface area (Å²) in [5.41, 5.74) is -0.173. The highest BCUT2D eigenvalue weighted by Gasteiger charge is 2.27. The van der Waals surface area contributed by atoms with Crippen LogP contribution in [0.25, 0.3) is 17.0 Å². The molecule has 2 heterocycles. The van der Waals surface area contributed by atoms with Gasteiger partial charge >= 0.3 is 0 Å². The van der Waals surface area contributed by atoms with E-state index in [1.807, 2.05) is 26.0 Å². The predicted molar refractivity (Wildman–Crippen MR) is 97.2 cm³/mol. The summed E-state index contributed by atoms with van der Waals surface area (Å²) in [4.78, 5) is 12.9. The third-order valence-corrected chi connectivity index (χ3v) is 4.45. The van der Waals surface area contributed by atoms with Crippen molar-refractivity contribution in [1.82, 2.24) is 0 Å². The molecule has 0 radical (unpaired) electrons. The monoisotopic (exact) mass is 344 g/mol. The van der Waals surface area contributed by atoms with Gasteiger partial charge in [-0.15, -0.1) is 0 Å². The standard InChI is InChI=1S/C20H24O5/c1-11-12(6-8-19(2,3)23)17(22)16-14(21)10-15-13(18(16)24-11)7-9-20(4,5)25-15/h7,9-10,21,23H,6,8H2,1-5H3. The van der Waals surface area contributed by atoms with Gasteiger partial charge in [-0.3, -0.25) is 4.79 Å². The van der Waals surface area contributed by atoms with Crippen LogP contribution in [0.1, 0.15) is 51.0 Å². The molecule has 25 heavy (non-hydrogen) atoms. The average molecular weight is 344 g/mol. The van der Waals surface area contributed by atoms with Gasteiger partial charge in [0.1, 0.15) is 28.2 Å². The van der Waals surface area contributed by atoms with Crippen molar-refractivity contribution in [3.63, 3.8) is 0 Å². The quantitative estimate of drug-likeness (QED) is 0.887. The second-order valence-corrected chi connectivity index (χ2v) is 7.83. The Labute approximate surface area is 146 Å². The molecule has 1 aliphatic rings. The van der Waals surface area contributed by atoms with Crippen LogP contribution in [0.15, 0.2) is 21.4 Å². The number of phenolic OH excluding ortho intramolecular Hbond substituents is 1. The van der Waals surface area contributed by atoms with Gasteiger partial charge in [0.05, 0.1) is 11.2 Å². The lowest BCUT2D eigenvalue weighted by molar-refractivity contribution is 0.0712. The molecule has 1 aromatic heterocycles. The van der Waals surface area contributed by atoms with Crippen LogP contribution in [0.2, 0.25) is 0 Å².